The molecule has 0 unspecified atom stereocenters. The van der Waals surface area contributed by atoms with Crippen molar-refractivity contribution in [3.63, 3.8) is 0 Å². The maximum absolute atomic E-state index is 13.5. The number of carbonyl (C=O) groups excluding carboxylic acids is 3. The summed E-state index contributed by atoms with van der Waals surface area (Å²) in [6, 6.07) is 18.2. The van der Waals surface area contributed by atoms with Crippen LogP contribution in [0.5, 0.6) is 0 Å². The fourth-order valence-electron chi connectivity index (χ4n) is 3.79. The lowest BCUT2D eigenvalue weighted by Crippen LogP contribution is -2.57. The van der Waals surface area contributed by atoms with Gasteiger partial charge in [0.05, 0.1) is 9.77 Å². The van der Waals surface area contributed by atoms with Gasteiger partial charge in [-0.1, -0.05) is 42.0 Å². The highest BCUT2D eigenvalue weighted by Gasteiger charge is 2.39. The number of hydrogen-bond donors (Lipinski definition) is 1. The maximum atomic E-state index is 13.5. The smallest absolute Gasteiger partial charge is 0.262 e. The number of hydrogen-bond acceptors (Lipinski definition) is 6. The molecule has 0 aliphatic carbocycles. The number of amides is 3. The van der Waals surface area contributed by atoms with Gasteiger partial charge in [0, 0.05) is 31.7 Å². The molecule has 2 aromatic carbocycles. The first-order valence-electron chi connectivity index (χ1n) is 11.1. The Morgan fingerprint density at radius 3 is 2.09 bits per heavy atom. The number of rotatable bonds is 6. The van der Waals surface area contributed by atoms with Crippen molar-refractivity contribution in [1.29, 1.82) is 0 Å². The van der Waals surface area contributed by atoms with Crippen molar-refractivity contribution in [1.82, 2.24) is 15.1 Å². The predicted molar refractivity (Wildman–Crippen MR) is 133 cm³/mol. The minimum atomic E-state index is -4.22. The van der Waals surface area contributed by atoms with Gasteiger partial charge in [0.1, 0.15) is 0 Å². The van der Waals surface area contributed by atoms with Crippen LogP contribution in [-0.2, 0) is 14.6 Å². The van der Waals surface area contributed by atoms with Crippen LogP contribution >= 0.6 is 11.3 Å². The first-order valence-corrected chi connectivity index (χ1v) is 13.5. The van der Waals surface area contributed by atoms with Crippen LogP contribution in [0, 0.1) is 6.92 Å². The monoisotopic (exact) mass is 511 g/mol. The molecule has 0 spiro atoms. The summed E-state index contributed by atoms with van der Waals surface area (Å²) in [6.45, 7) is 2.66. The molecule has 182 valence electrons. The van der Waals surface area contributed by atoms with E-state index in [0.717, 1.165) is 16.9 Å². The number of thiophene rings is 1. The van der Waals surface area contributed by atoms with Crippen LogP contribution in [0.1, 0.15) is 25.6 Å². The van der Waals surface area contributed by atoms with E-state index in [4.69, 9.17) is 0 Å². The summed E-state index contributed by atoms with van der Waals surface area (Å²) in [4.78, 5) is 42.2. The number of nitrogens with zero attached hydrogens (tertiary/aromatic N) is 2. The summed E-state index contributed by atoms with van der Waals surface area (Å²) in [5.41, 5.74) is 1.42. The molecular weight excluding hydrogens is 486 g/mol. The second-order valence-corrected chi connectivity index (χ2v) is 11.2. The highest BCUT2D eigenvalue weighted by Crippen LogP contribution is 2.20. The number of aryl methyl sites for hydroxylation is 1. The summed E-state index contributed by atoms with van der Waals surface area (Å²) < 4.78 is 26.9. The fraction of sp³-hybridized carbons (Fsp3) is 0.240. The van der Waals surface area contributed by atoms with Crippen molar-refractivity contribution in [2.75, 3.05) is 26.2 Å². The van der Waals surface area contributed by atoms with E-state index in [2.05, 4.69) is 5.32 Å². The standard InChI is InChI=1S/C25H25N3O5S2/c1-18-9-11-20(12-10-18)35(32,33)23(26-22(29)21-8-5-17-34-21)25(31)28-15-13-27(14-16-28)24(30)19-6-3-2-4-7-19/h2-12,17,23H,13-16H2,1H3,(H,26,29)/t23-/m0/s1. The molecule has 1 aliphatic heterocycles. The molecule has 8 nitrogen and oxygen atoms in total. The molecule has 0 saturated carbocycles. The Balaban J connectivity index is 1.54. The average molecular weight is 512 g/mol. The van der Waals surface area contributed by atoms with Crippen molar-refractivity contribution in [2.24, 2.45) is 0 Å². The molecule has 35 heavy (non-hydrogen) atoms. The van der Waals surface area contributed by atoms with Crippen LogP contribution in [0.2, 0.25) is 0 Å². The van der Waals surface area contributed by atoms with Crippen LogP contribution in [0.25, 0.3) is 0 Å². The third-order valence-corrected chi connectivity index (χ3v) is 8.53. The molecule has 0 radical (unpaired) electrons. The van der Waals surface area contributed by atoms with Crippen LogP contribution in [-0.4, -0.2) is 67.5 Å². The van der Waals surface area contributed by atoms with Gasteiger partial charge >= 0.3 is 0 Å². The van der Waals surface area contributed by atoms with E-state index in [-0.39, 0.29) is 37.0 Å². The number of carbonyl (C=O) groups is 3. The molecule has 10 heteroatoms. The third-order valence-electron chi connectivity index (χ3n) is 5.79. The Bertz CT molecular complexity index is 1300. The van der Waals surface area contributed by atoms with Gasteiger partial charge in [-0.25, -0.2) is 8.42 Å². The van der Waals surface area contributed by atoms with Crippen molar-refractivity contribution >= 4 is 38.9 Å². The lowest BCUT2D eigenvalue weighted by Gasteiger charge is -2.36. The lowest BCUT2D eigenvalue weighted by molar-refractivity contribution is -0.132. The largest absolute Gasteiger partial charge is 0.336 e. The van der Waals surface area contributed by atoms with Gasteiger partial charge in [-0.15, -0.1) is 11.3 Å². The SMILES string of the molecule is Cc1ccc(S(=O)(=O)[C@H](NC(=O)c2cccs2)C(=O)N2CCN(C(=O)c3ccccc3)CC2)cc1. The normalized spacial score (nSPS) is 14.9. The molecular formula is C25H25N3O5S2. The van der Waals surface area contributed by atoms with Gasteiger partial charge < -0.3 is 15.1 Å². The summed E-state index contributed by atoms with van der Waals surface area (Å²) in [6.07, 6.45) is 0. The van der Waals surface area contributed by atoms with E-state index in [1.807, 2.05) is 13.0 Å². The lowest BCUT2D eigenvalue weighted by atomic mass is 10.2. The van der Waals surface area contributed by atoms with Gasteiger partial charge in [-0.3, -0.25) is 14.4 Å². The van der Waals surface area contributed by atoms with E-state index >= 15 is 0 Å². The summed E-state index contributed by atoms with van der Waals surface area (Å²) >= 11 is 1.15. The Morgan fingerprint density at radius 1 is 0.857 bits per heavy atom. The highest BCUT2D eigenvalue weighted by atomic mass is 32.2. The molecule has 1 saturated heterocycles. The quantitative estimate of drug-likeness (QED) is 0.548. The zero-order chi connectivity index (χ0) is 25.0. The molecule has 1 aromatic heterocycles. The zero-order valence-corrected chi connectivity index (χ0v) is 20.7. The molecule has 1 N–H and O–H groups in total. The van der Waals surface area contributed by atoms with Crippen LogP contribution in [0.3, 0.4) is 0 Å². The van der Waals surface area contributed by atoms with Gasteiger partial charge in [0.25, 0.3) is 17.7 Å². The topological polar surface area (TPSA) is 104 Å². The second-order valence-electron chi connectivity index (χ2n) is 8.17. The van der Waals surface area contributed by atoms with E-state index in [9.17, 15) is 22.8 Å². The molecule has 4 rings (SSSR count). The molecule has 1 atom stereocenters. The molecule has 1 aliphatic rings. The fourth-order valence-corrected chi connectivity index (χ4v) is 5.88. The Morgan fingerprint density at radius 2 is 1.49 bits per heavy atom. The van der Waals surface area contributed by atoms with E-state index in [1.54, 1.807) is 58.8 Å². The van der Waals surface area contributed by atoms with E-state index in [0.29, 0.717) is 10.4 Å². The summed E-state index contributed by atoms with van der Waals surface area (Å²) in [7, 11) is -4.22. The second kappa shape index (κ2) is 10.4. The van der Waals surface area contributed by atoms with Gasteiger partial charge in [-0.05, 0) is 42.6 Å². The zero-order valence-electron chi connectivity index (χ0n) is 19.1. The number of piperazine rings is 1. The molecule has 3 aromatic rings. The van der Waals surface area contributed by atoms with Crippen molar-refractivity contribution in [2.45, 2.75) is 17.2 Å². The van der Waals surface area contributed by atoms with Crippen molar-refractivity contribution in [3.05, 3.63) is 88.1 Å². The maximum Gasteiger partial charge on any atom is 0.262 e. The minimum absolute atomic E-state index is 0.0502. The highest BCUT2D eigenvalue weighted by molar-refractivity contribution is 7.92. The van der Waals surface area contributed by atoms with Gasteiger partial charge in [0.15, 0.2) is 0 Å². The van der Waals surface area contributed by atoms with Crippen molar-refractivity contribution in [3.8, 4) is 0 Å². The van der Waals surface area contributed by atoms with Crippen LogP contribution < -0.4 is 5.32 Å². The molecule has 1 fully saturated rings. The summed E-state index contributed by atoms with van der Waals surface area (Å²) in [5, 5.41) is 2.36. The molecule has 3 amide bonds. The number of sulfone groups is 1. The molecule has 0 bridgehead atoms. The number of benzene rings is 2. The van der Waals surface area contributed by atoms with Gasteiger partial charge in [0.2, 0.25) is 15.2 Å². The average Bonchev–Trinajstić information content (AvgIpc) is 3.42. The van der Waals surface area contributed by atoms with E-state index < -0.39 is 27.0 Å². The Hall–Kier alpha value is -3.50. The first kappa shape index (κ1) is 24.6. The molecule has 2 heterocycles. The minimum Gasteiger partial charge on any atom is -0.336 e. The summed E-state index contributed by atoms with van der Waals surface area (Å²) in [5.74, 6) is -1.50. The Kier molecular flexibility index (Phi) is 7.32. The van der Waals surface area contributed by atoms with Crippen LogP contribution in [0.15, 0.2) is 77.0 Å². The third kappa shape index (κ3) is 5.44. The number of nitrogens with one attached hydrogen (secondary N) is 1. The van der Waals surface area contributed by atoms with Crippen LogP contribution in [0.4, 0.5) is 0 Å². The van der Waals surface area contributed by atoms with E-state index in [1.165, 1.54) is 17.0 Å². The van der Waals surface area contributed by atoms with Gasteiger partial charge in [-0.2, -0.15) is 0 Å². The van der Waals surface area contributed by atoms with Crippen molar-refractivity contribution < 1.29 is 22.8 Å². The Labute approximate surface area is 208 Å². The first-order chi connectivity index (χ1) is 16.8. The predicted octanol–water partition coefficient (Wildman–Crippen LogP) is 2.57.